The molecule has 0 aromatic heterocycles. The van der Waals surface area contributed by atoms with Crippen molar-refractivity contribution in [3.63, 3.8) is 0 Å². The fraction of sp³-hybridized carbons (Fsp3) is 0.458. The van der Waals surface area contributed by atoms with Gasteiger partial charge in [-0.2, -0.15) is 0 Å². The molecule has 2 aromatic rings. The molecule has 0 heterocycles. The molecule has 0 aliphatic heterocycles. The van der Waals surface area contributed by atoms with Gasteiger partial charge in [-0.3, -0.25) is 19.6 Å². The molecule has 3 amide bonds. The Morgan fingerprint density at radius 2 is 1.76 bits per heavy atom. The van der Waals surface area contributed by atoms with Crippen LogP contribution in [0.1, 0.15) is 39.7 Å². The maximum absolute atomic E-state index is 13.7. The van der Waals surface area contributed by atoms with Crippen LogP contribution in [-0.4, -0.2) is 41.7 Å². The summed E-state index contributed by atoms with van der Waals surface area (Å²) >= 11 is 0. The molecule has 0 aliphatic rings. The van der Waals surface area contributed by atoms with Crippen LogP contribution in [0.2, 0.25) is 0 Å². The van der Waals surface area contributed by atoms with E-state index in [4.69, 9.17) is 10.5 Å². The lowest BCUT2D eigenvalue weighted by molar-refractivity contribution is -0.151. The van der Waals surface area contributed by atoms with Crippen molar-refractivity contribution < 1.29 is 28.7 Å². The van der Waals surface area contributed by atoms with E-state index in [-0.39, 0.29) is 13.0 Å². The molecule has 0 unspecified atom stereocenters. The summed E-state index contributed by atoms with van der Waals surface area (Å²) in [6.07, 6.45) is -0.716. The highest BCUT2D eigenvalue weighted by Gasteiger charge is 2.39. The summed E-state index contributed by atoms with van der Waals surface area (Å²) in [6.45, 7) is 7.26. The van der Waals surface area contributed by atoms with Crippen LogP contribution >= 0.6 is 0 Å². The van der Waals surface area contributed by atoms with Gasteiger partial charge >= 0.3 is 0 Å². The predicted molar refractivity (Wildman–Crippen MR) is 122 cm³/mol. The molecule has 0 fully saturated rings. The van der Waals surface area contributed by atoms with Gasteiger partial charge in [0.2, 0.25) is 11.8 Å². The number of hydrogen-bond donors (Lipinski definition) is 4. The van der Waals surface area contributed by atoms with Crippen LogP contribution in [0.3, 0.4) is 0 Å². The lowest BCUT2D eigenvalue weighted by Gasteiger charge is -2.32. The lowest BCUT2D eigenvalue weighted by Crippen LogP contribution is -2.56. The summed E-state index contributed by atoms with van der Waals surface area (Å²) in [6, 6.07) is 8.66. The zero-order valence-electron chi connectivity index (χ0n) is 19.4. The van der Waals surface area contributed by atoms with E-state index in [1.54, 1.807) is 50.5 Å². The van der Waals surface area contributed by atoms with Gasteiger partial charge in [0.1, 0.15) is 18.0 Å². The van der Waals surface area contributed by atoms with Gasteiger partial charge in [-0.1, -0.05) is 52.0 Å². The molecular weight excluding hydrogens is 429 g/mol. The van der Waals surface area contributed by atoms with Crippen molar-refractivity contribution in [3.8, 4) is 0 Å². The number of amides is 3. The van der Waals surface area contributed by atoms with Crippen molar-refractivity contribution in [3.05, 3.63) is 47.8 Å². The van der Waals surface area contributed by atoms with Gasteiger partial charge in [-0.25, -0.2) is 9.87 Å². The Morgan fingerprint density at radius 1 is 1.09 bits per heavy atom. The van der Waals surface area contributed by atoms with Crippen LogP contribution < -0.4 is 16.5 Å². The van der Waals surface area contributed by atoms with Crippen molar-refractivity contribution in [1.82, 2.24) is 10.8 Å². The van der Waals surface area contributed by atoms with Crippen LogP contribution in [0.5, 0.6) is 0 Å². The van der Waals surface area contributed by atoms with Crippen LogP contribution in [0.15, 0.2) is 36.4 Å². The van der Waals surface area contributed by atoms with Gasteiger partial charge in [0.05, 0.1) is 5.92 Å². The molecule has 0 aliphatic carbocycles. The molecule has 0 bridgehead atoms. The van der Waals surface area contributed by atoms with E-state index in [9.17, 15) is 24.0 Å². The summed E-state index contributed by atoms with van der Waals surface area (Å²) in [5, 5.41) is 13.3. The quantitative estimate of drug-likeness (QED) is 0.319. The van der Waals surface area contributed by atoms with E-state index in [0.717, 1.165) is 5.39 Å². The van der Waals surface area contributed by atoms with Crippen molar-refractivity contribution in [2.45, 2.75) is 52.7 Å². The highest BCUT2D eigenvalue weighted by Crippen LogP contribution is 2.24. The van der Waals surface area contributed by atoms with Gasteiger partial charge < -0.3 is 15.8 Å². The Kier molecular flexibility index (Phi) is 8.90. The Balaban J connectivity index is 2.45. The molecule has 3 atom stereocenters. The zero-order chi connectivity index (χ0) is 24.8. The Morgan fingerprint density at radius 3 is 2.33 bits per heavy atom. The van der Waals surface area contributed by atoms with Crippen LogP contribution in [0, 0.1) is 17.2 Å². The average Bonchev–Trinajstić information content (AvgIpc) is 2.74. The number of halogens is 1. The fourth-order valence-electron chi connectivity index (χ4n) is 3.63. The minimum absolute atomic E-state index is 0.0374. The SMILES string of the molecule is CCCO[C@H](C(=O)NO)[C@@H](Cc1ccc2ccc(F)cc2c1)C(=O)N[C@H](C(N)=O)C(C)(C)C. The summed E-state index contributed by atoms with van der Waals surface area (Å²) in [5.74, 6) is -3.72. The normalized spacial score (nSPS) is 14.4. The van der Waals surface area contributed by atoms with Crippen LogP contribution in [0.4, 0.5) is 4.39 Å². The predicted octanol–water partition coefficient (Wildman–Crippen LogP) is 2.45. The number of ether oxygens (including phenoxy) is 1. The highest BCUT2D eigenvalue weighted by atomic mass is 19.1. The number of hydroxylamine groups is 1. The van der Waals surface area contributed by atoms with E-state index in [0.29, 0.717) is 17.4 Å². The minimum atomic E-state index is -1.33. The Bertz CT molecular complexity index is 1010. The van der Waals surface area contributed by atoms with E-state index in [1.807, 2.05) is 6.92 Å². The topological polar surface area (TPSA) is 131 Å². The molecular formula is C24H32FN3O5. The third-order valence-electron chi connectivity index (χ3n) is 5.33. The number of fused-ring (bicyclic) bond motifs is 1. The maximum Gasteiger partial charge on any atom is 0.273 e. The smallest absolute Gasteiger partial charge is 0.273 e. The molecule has 9 heteroatoms. The second kappa shape index (κ2) is 11.2. The minimum Gasteiger partial charge on any atom is -0.368 e. The number of carbonyl (C=O) groups is 3. The first-order valence-corrected chi connectivity index (χ1v) is 10.8. The van der Waals surface area contributed by atoms with Gasteiger partial charge in [-0.15, -0.1) is 0 Å². The lowest BCUT2D eigenvalue weighted by atomic mass is 9.85. The van der Waals surface area contributed by atoms with Gasteiger partial charge in [0.25, 0.3) is 5.91 Å². The van der Waals surface area contributed by atoms with E-state index in [1.165, 1.54) is 12.1 Å². The largest absolute Gasteiger partial charge is 0.368 e. The second-order valence-corrected chi connectivity index (χ2v) is 9.11. The van der Waals surface area contributed by atoms with E-state index < -0.39 is 47.0 Å². The van der Waals surface area contributed by atoms with Gasteiger partial charge in [0.15, 0.2) is 0 Å². The second-order valence-electron chi connectivity index (χ2n) is 9.11. The number of nitrogens with one attached hydrogen (secondary N) is 2. The number of primary amides is 1. The van der Waals surface area contributed by atoms with E-state index >= 15 is 0 Å². The summed E-state index contributed by atoms with van der Waals surface area (Å²) in [4.78, 5) is 37.7. The van der Waals surface area contributed by atoms with Gasteiger partial charge in [-0.05, 0) is 46.7 Å². The first kappa shape index (κ1) is 26.2. The van der Waals surface area contributed by atoms with Crippen molar-refractivity contribution in [1.29, 1.82) is 0 Å². The monoisotopic (exact) mass is 461 g/mol. The maximum atomic E-state index is 13.7. The highest BCUT2D eigenvalue weighted by molar-refractivity contribution is 5.92. The Hall–Kier alpha value is -3.04. The van der Waals surface area contributed by atoms with Crippen molar-refractivity contribution in [2.24, 2.45) is 17.1 Å². The summed E-state index contributed by atoms with van der Waals surface area (Å²) < 4.78 is 19.3. The number of rotatable bonds is 10. The molecule has 33 heavy (non-hydrogen) atoms. The number of carbonyl (C=O) groups excluding carboxylic acids is 3. The van der Waals surface area contributed by atoms with Gasteiger partial charge in [0, 0.05) is 6.61 Å². The summed E-state index contributed by atoms with van der Waals surface area (Å²) in [5.41, 5.74) is 7.03. The standard InChI is InChI=1S/C24H32FN3O5/c1-5-10-33-19(23(31)28-32)18(22(30)27-20(21(26)29)24(2,3)4)12-14-6-7-15-8-9-17(25)13-16(15)11-14/h6-9,11,13,18-20,32H,5,10,12H2,1-4H3,(H2,26,29)(H,27,30)(H,28,31)/t18-,19+,20-/m1/s1. The van der Waals surface area contributed by atoms with Crippen molar-refractivity contribution in [2.75, 3.05) is 6.61 Å². The molecule has 0 spiro atoms. The third-order valence-corrected chi connectivity index (χ3v) is 5.33. The first-order chi connectivity index (χ1) is 15.5. The zero-order valence-corrected chi connectivity index (χ0v) is 19.4. The number of hydrogen-bond acceptors (Lipinski definition) is 5. The Labute approximate surface area is 192 Å². The molecule has 0 radical (unpaired) electrons. The molecule has 2 aromatic carbocycles. The molecule has 8 nitrogen and oxygen atoms in total. The molecule has 2 rings (SSSR count). The third kappa shape index (κ3) is 6.97. The first-order valence-electron chi connectivity index (χ1n) is 10.8. The summed E-state index contributed by atoms with van der Waals surface area (Å²) in [7, 11) is 0. The van der Waals surface area contributed by atoms with Crippen LogP contribution in [-0.2, 0) is 25.5 Å². The van der Waals surface area contributed by atoms with E-state index in [2.05, 4.69) is 5.32 Å². The molecule has 0 saturated carbocycles. The number of benzene rings is 2. The number of nitrogens with two attached hydrogens (primary N) is 1. The molecule has 0 saturated heterocycles. The molecule has 5 N–H and O–H groups in total. The van der Waals surface area contributed by atoms with Crippen molar-refractivity contribution >= 4 is 28.5 Å². The average molecular weight is 462 g/mol. The molecule has 180 valence electrons. The fourth-order valence-corrected chi connectivity index (χ4v) is 3.63. The van der Waals surface area contributed by atoms with Crippen LogP contribution in [0.25, 0.3) is 10.8 Å².